The quantitative estimate of drug-likeness (QED) is 0.366. The van der Waals surface area contributed by atoms with Gasteiger partial charge in [0, 0.05) is 17.4 Å². The van der Waals surface area contributed by atoms with Gasteiger partial charge in [-0.15, -0.1) is 0 Å². The maximum absolute atomic E-state index is 13.2. The number of hydrogen-bond acceptors (Lipinski definition) is 7. The Bertz CT molecular complexity index is 1050. The van der Waals surface area contributed by atoms with Crippen LogP contribution in [0.5, 0.6) is 0 Å². The highest BCUT2D eigenvalue weighted by Gasteiger charge is 2.44. The third-order valence-electron chi connectivity index (χ3n) is 5.77. The van der Waals surface area contributed by atoms with Crippen molar-refractivity contribution in [2.75, 3.05) is 6.54 Å². The van der Waals surface area contributed by atoms with Crippen LogP contribution >= 0.6 is 15.9 Å². The van der Waals surface area contributed by atoms with Crippen molar-refractivity contribution in [1.82, 2.24) is 10.2 Å². The van der Waals surface area contributed by atoms with E-state index in [0.29, 0.717) is 4.47 Å². The van der Waals surface area contributed by atoms with Crippen LogP contribution in [0.2, 0.25) is 0 Å². The number of hydrogen-bond donors (Lipinski definition) is 2. The van der Waals surface area contributed by atoms with Crippen molar-refractivity contribution in [2.24, 2.45) is 0 Å². The molecule has 2 N–H and O–H groups in total. The van der Waals surface area contributed by atoms with Gasteiger partial charge < -0.3 is 20.1 Å². The first-order valence-corrected chi connectivity index (χ1v) is 13.0. The molecular formula is C22H27BrN2O8S. The van der Waals surface area contributed by atoms with Crippen LogP contribution in [0.3, 0.4) is 0 Å². The lowest BCUT2D eigenvalue weighted by atomic mass is 10.1. The summed E-state index contributed by atoms with van der Waals surface area (Å²) in [5.74, 6) is -2.04. The lowest BCUT2D eigenvalue weighted by molar-refractivity contribution is -0.148. The number of alkyl carbamates (subject to hydrolysis) is 1. The summed E-state index contributed by atoms with van der Waals surface area (Å²) >= 11 is 3.22. The zero-order chi connectivity index (χ0) is 25.0. The highest BCUT2D eigenvalue weighted by molar-refractivity contribution is 9.10. The van der Waals surface area contributed by atoms with E-state index in [1.807, 2.05) is 0 Å². The molecule has 0 spiro atoms. The summed E-state index contributed by atoms with van der Waals surface area (Å²) in [5.41, 5.74) is 0.282. The standard InChI is InChI=1S/C22H27BrN2O8S/c1-13(2)19(24-22(29)32-15-5-3-4-6-15)20(26)25-12-16(11-18(25)21(27)28)33-34(30,31)17-9-7-14(23)8-10-17/h7-10,15-16,18-19H,1,3-6,11-12H2,2H3,(H,24,29)(H,27,28)/t16?,18-,19-/m0/s1. The topological polar surface area (TPSA) is 139 Å². The number of aliphatic carboxylic acids is 1. The average molecular weight is 559 g/mol. The third kappa shape index (κ3) is 6.36. The fourth-order valence-electron chi connectivity index (χ4n) is 4.05. The van der Waals surface area contributed by atoms with E-state index in [2.05, 4.69) is 27.8 Å². The molecule has 186 valence electrons. The second kappa shape index (κ2) is 10.9. The number of carbonyl (C=O) groups excluding carboxylic acids is 2. The number of ether oxygens (including phenoxy) is 1. The zero-order valence-electron chi connectivity index (χ0n) is 18.6. The van der Waals surface area contributed by atoms with Crippen LogP contribution in [0.1, 0.15) is 39.0 Å². The van der Waals surface area contributed by atoms with Crippen molar-refractivity contribution >= 4 is 44.0 Å². The van der Waals surface area contributed by atoms with E-state index in [9.17, 15) is 27.9 Å². The number of rotatable bonds is 8. The Hall–Kier alpha value is -2.44. The van der Waals surface area contributed by atoms with Crippen LogP contribution in [-0.4, -0.2) is 67.2 Å². The number of nitrogens with one attached hydrogen (secondary N) is 1. The number of benzene rings is 1. The molecule has 3 rings (SSSR count). The minimum absolute atomic E-state index is 0.0940. The molecule has 1 aromatic carbocycles. The van der Waals surface area contributed by atoms with Crippen molar-refractivity contribution < 1.29 is 36.8 Å². The van der Waals surface area contributed by atoms with E-state index >= 15 is 0 Å². The maximum Gasteiger partial charge on any atom is 0.408 e. The van der Waals surface area contributed by atoms with E-state index in [-0.39, 0.29) is 29.5 Å². The fraction of sp³-hybridized carbons (Fsp3) is 0.500. The fourth-order valence-corrected chi connectivity index (χ4v) is 5.39. The van der Waals surface area contributed by atoms with E-state index in [4.69, 9.17) is 8.92 Å². The summed E-state index contributed by atoms with van der Waals surface area (Å²) in [6.45, 7) is 4.97. The van der Waals surface area contributed by atoms with Gasteiger partial charge >= 0.3 is 12.1 Å². The molecular weight excluding hydrogens is 532 g/mol. The molecule has 10 nitrogen and oxygen atoms in total. The number of carboxylic acid groups (broad SMARTS) is 1. The molecule has 12 heteroatoms. The molecule has 1 saturated carbocycles. The second-order valence-corrected chi connectivity index (χ2v) is 10.9. The van der Waals surface area contributed by atoms with Gasteiger partial charge in [-0.2, -0.15) is 8.42 Å². The van der Waals surface area contributed by atoms with E-state index in [1.54, 1.807) is 0 Å². The van der Waals surface area contributed by atoms with Crippen molar-refractivity contribution in [2.45, 2.75) is 68.2 Å². The molecule has 1 aliphatic carbocycles. The number of amides is 2. The number of nitrogens with zero attached hydrogens (tertiary/aromatic N) is 1. The zero-order valence-corrected chi connectivity index (χ0v) is 21.0. The monoisotopic (exact) mass is 558 g/mol. The Balaban J connectivity index is 1.71. The van der Waals surface area contributed by atoms with Crippen LogP contribution in [0, 0.1) is 0 Å². The molecule has 1 aromatic rings. The molecule has 0 radical (unpaired) electrons. The van der Waals surface area contributed by atoms with Crippen molar-refractivity contribution in [1.29, 1.82) is 0 Å². The highest BCUT2D eigenvalue weighted by atomic mass is 79.9. The predicted octanol–water partition coefficient (Wildman–Crippen LogP) is 2.82. The van der Waals surface area contributed by atoms with Crippen molar-refractivity contribution in [3.05, 3.63) is 40.9 Å². The Morgan fingerprint density at radius 2 is 1.79 bits per heavy atom. The van der Waals surface area contributed by atoms with Crippen LogP contribution in [0.4, 0.5) is 4.79 Å². The first-order valence-electron chi connectivity index (χ1n) is 10.8. The molecule has 2 amide bonds. The SMILES string of the molecule is C=C(C)[C@H](NC(=O)OC1CCCC1)C(=O)N1CC(OS(=O)(=O)c2ccc(Br)cc2)C[C@H]1C(=O)O. The summed E-state index contributed by atoms with van der Waals surface area (Å²) in [7, 11) is -4.19. The maximum atomic E-state index is 13.2. The van der Waals surface area contributed by atoms with Gasteiger partial charge in [0.05, 0.1) is 11.0 Å². The van der Waals surface area contributed by atoms with Gasteiger partial charge in [0.2, 0.25) is 5.91 Å². The number of carbonyl (C=O) groups is 3. The predicted molar refractivity (Wildman–Crippen MR) is 124 cm³/mol. The van der Waals surface area contributed by atoms with Gasteiger partial charge in [-0.3, -0.25) is 8.98 Å². The molecule has 0 aromatic heterocycles. The van der Waals surface area contributed by atoms with Gasteiger partial charge in [0.1, 0.15) is 18.2 Å². The van der Waals surface area contributed by atoms with Crippen LogP contribution in [-0.2, 0) is 28.6 Å². The molecule has 2 aliphatic rings. The third-order valence-corrected chi connectivity index (χ3v) is 7.68. The summed E-state index contributed by atoms with van der Waals surface area (Å²) in [5, 5.41) is 12.1. The van der Waals surface area contributed by atoms with Gasteiger partial charge in [-0.25, -0.2) is 9.59 Å². The van der Waals surface area contributed by atoms with Crippen LogP contribution < -0.4 is 5.32 Å². The first kappa shape index (κ1) is 26.2. The summed E-state index contributed by atoms with van der Waals surface area (Å²) in [4.78, 5) is 38.3. The van der Waals surface area contributed by atoms with Gasteiger partial charge in [-0.1, -0.05) is 22.5 Å². The smallest absolute Gasteiger partial charge is 0.408 e. The summed E-state index contributed by atoms with van der Waals surface area (Å²) in [6.07, 6.45) is 1.10. The second-order valence-electron chi connectivity index (χ2n) is 8.44. The molecule has 1 aliphatic heterocycles. The highest BCUT2D eigenvalue weighted by Crippen LogP contribution is 2.27. The van der Waals surface area contributed by atoms with Gasteiger partial charge in [0.25, 0.3) is 10.1 Å². The molecule has 1 unspecified atom stereocenters. The van der Waals surface area contributed by atoms with Crippen molar-refractivity contribution in [3.63, 3.8) is 0 Å². The van der Waals surface area contributed by atoms with Crippen LogP contribution in [0.15, 0.2) is 45.8 Å². The minimum Gasteiger partial charge on any atom is -0.480 e. The Morgan fingerprint density at radius 1 is 1.18 bits per heavy atom. The largest absolute Gasteiger partial charge is 0.480 e. The molecule has 3 atom stereocenters. The molecule has 1 saturated heterocycles. The molecule has 0 bridgehead atoms. The summed E-state index contributed by atoms with van der Waals surface area (Å²) < 4.78 is 36.5. The Kier molecular flexibility index (Phi) is 8.37. The normalized spacial score (nSPS) is 21.8. The lowest BCUT2D eigenvalue weighted by Gasteiger charge is -2.27. The van der Waals surface area contributed by atoms with Crippen molar-refractivity contribution in [3.8, 4) is 0 Å². The van der Waals surface area contributed by atoms with Gasteiger partial charge in [0.15, 0.2) is 0 Å². The number of halogens is 1. The summed E-state index contributed by atoms with van der Waals surface area (Å²) in [6, 6.07) is 3.22. The van der Waals surface area contributed by atoms with Gasteiger partial charge in [-0.05, 0) is 62.4 Å². The van der Waals surface area contributed by atoms with E-state index < -0.39 is 46.3 Å². The number of carboxylic acids is 1. The molecule has 2 fully saturated rings. The average Bonchev–Trinajstić information content (AvgIpc) is 3.41. The Labute approximate surface area is 206 Å². The van der Waals surface area contributed by atoms with Crippen LogP contribution in [0.25, 0.3) is 0 Å². The first-order chi connectivity index (χ1) is 16.0. The molecule has 1 heterocycles. The minimum atomic E-state index is -4.19. The lowest BCUT2D eigenvalue weighted by Crippen LogP contribution is -2.52. The van der Waals surface area contributed by atoms with E-state index in [1.165, 1.54) is 31.2 Å². The number of likely N-dealkylation sites (tertiary alicyclic amines) is 1. The van der Waals surface area contributed by atoms with E-state index in [0.717, 1.165) is 30.6 Å². The molecule has 34 heavy (non-hydrogen) atoms. The Morgan fingerprint density at radius 3 is 2.35 bits per heavy atom.